The van der Waals surface area contributed by atoms with Gasteiger partial charge in [-0.05, 0) is 43.1 Å². The molecular formula is C12H19NO. The number of nitrogens with one attached hydrogen (secondary N) is 1. The van der Waals surface area contributed by atoms with Gasteiger partial charge in [-0.15, -0.1) is 0 Å². The van der Waals surface area contributed by atoms with Crippen LogP contribution in [-0.2, 0) is 6.42 Å². The summed E-state index contributed by atoms with van der Waals surface area (Å²) >= 11 is 0. The second-order valence-corrected chi connectivity index (χ2v) is 3.90. The van der Waals surface area contributed by atoms with Gasteiger partial charge in [0.1, 0.15) is 5.75 Å². The van der Waals surface area contributed by atoms with Crippen LogP contribution in [0.15, 0.2) is 18.2 Å². The summed E-state index contributed by atoms with van der Waals surface area (Å²) in [7, 11) is 1.92. The van der Waals surface area contributed by atoms with Crippen molar-refractivity contribution in [2.45, 2.75) is 26.2 Å². The van der Waals surface area contributed by atoms with Crippen molar-refractivity contribution in [2.24, 2.45) is 0 Å². The molecule has 0 saturated carbocycles. The maximum atomic E-state index is 9.62. The van der Waals surface area contributed by atoms with E-state index in [1.165, 1.54) is 5.56 Å². The first-order valence-electron chi connectivity index (χ1n) is 5.11. The van der Waals surface area contributed by atoms with Crippen molar-refractivity contribution in [3.63, 3.8) is 0 Å². The Morgan fingerprint density at radius 3 is 2.64 bits per heavy atom. The van der Waals surface area contributed by atoms with Crippen molar-refractivity contribution in [1.29, 1.82) is 0 Å². The van der Waals surface area contributed by atoms with Crippen molar-refractivity contribution in [1.82, 2.24) is 5.32 Å². The molecule has 0 aliphatic carbocycles. The third kappa shape index (κ3) is 2.74. The van der Waals surface area contributed by atoms with E-state index in [0.717, 1.165) is 18.5 Å². The highest BCUT2D eigenvalue weighted by Crippen LogP contribution is 2.23. The van der Waals surface area contributed by atoms with Crippen molar-refractivity contribution < 1.29 is 5.11 Å². The lowest BCUT2D eigenvalue weighted by molar-refractivity contribution is 0.467. The molecule has 0 heterocycles. The fraction of sp³-hybridized carbons (Fsp3) is 0.500. The molecule has 0 saturated heterocycles. The molecule has 0 atom stereocenters. The van der Waals surface area contributed by atoms with Crippen molar-refractivity contribution in [3.8, 4) is 5.75 Å². The van der Waals surface area contributed by atoms with Crippen LogP contribution in [0.25, 0.3) is 0 Å². The minimum atomic E-state index is 0.407. The van der Waals surface area contributed by atoms with Crippen LogP contribution in [0, 0.1) is 0 Å². The molecule has 2 N–H and O–H groups in total. The number of rotatable bonds is 4. The van der Waals surface area contributed by atoms with E-state index in [9.17, 15) is 5.11 Å². The fourth-order valence-electron chi connectivity index (χ4n) is 1.42. The predicted molar refractivity (Wildman–Crippen MR) is 59.8 cm³/mol. The SMILES string of the molecule is CNCCc1cc(C(C)C)ccc1O. The summed E-state index contributed by atoms with van der Waals surface area (Å²) in [5.74, 6) is 0.925. The molecule has 1 aromatic carbocycles. The van der Waals surface area contributed by atoms with Crippen LogP contribution < -0.4 is 5.32 Å². The number of benzene rings is 1. The molecule has 0 radical (unpaired) electrons. The molecule has 0 bridgehead atoms. The van der Waals surface area contributed by atoms with Gasteiger partial charge in [0, 0.05) is 0 Å². The Bertz CT molecular complexity index is 294. The Morgan fingerprint density at radius 2 is 2.07 bits per heavy atom. The number of phenols is 1. The zero-order valence-electron chi connectivity index (χ0n) is 9.17. The highest BCUT2D eigenvalue weighted by Gasteiger charge is 2.04. The number of hydrogen-bond donors (Lipinski definition) is 2. The fourth-order valence-corrected chi connectivity index (χ4v) is 1.42. The first-order chi connectivity index (χ1) is 6.65. The third-order valence-corrected chi connectivity index (χ3v) is 2.41. The zero-order valence-corrected chi connectivity index (χ0v) is 9.17. The van der Waals surface area contributed by atoms with Gasteiger partial charge in [-0.25, -0.2) is 0 Å². The van der Waals surface area contributed by atoms with Crippen molar-refractivity contribution >= 4 is 0 Å². The summed E-state index contributed by atoms with van der Waals surface area (Å²) in [6, 6.07) is 5.88. The Morgan fingerprint density at radius 1 is 1.36 bits per heavy atom. The van der Waals surface area contributed by atoms with Gasteiger partial charge in [0.15, 0.2) is 0 Å². The summed E-state index contributed by atoms with van der Waals surface area (Å²) in [6.45, 7) is 5.22. The van der Waals surface area contributed by atoms with E-state index >= 15 is 0 Å². The van der Waals surface area contributed by atoms with Crippen LogP contribution in [-0.4, -0.2) is 18.7 Å². The van der Waals surface area contributed by atoms with E-state index in [2.05, 4.69) is 25.2 Å². The average molecular weight is 193 g/mol. The van der Waals surface area contributed by atoms with E-state index in [1.54, 1.807) is 6.07 Å². The molecule has 2 nitrogen and oxygen atoms in total. The first-order valence-corrected chi connectivity index (χ1v) is 5.11. The molecule has 0 aliphatic rings. The summed E-state index contributed by atoms with van der Waals surface area (Å²) in [5, 5.41) is 12.7. The largest absolute Gasteiger partial charge is 0.508 e. The summed E-state index contributed by atoms with van der Waals surface area (Å²) < 4.78 is 0. The molecule has 1 aromatic rings. The van der Waals surface area contributed by atoms with Crippen LogP contribution in [0.4, 0.5) is 0 Å². The van der Waals surface area contributed by atoms with Gasteiger partial charge in [0.05, 0.1) is 0 Å². The quantitative estimate of drug-likeness (QED) is 0.769. The highest BCUT2D eigenvalue weighted by atomic mass is 16.3. The lowest BCUT2D eigenvalue weighted by Gasteiger charge is -2.09. The lowest BCUT2D eigenvalue weighted by atomic mass is 9.99. The zero-order chi connectivity index (χ0) is 10.6. The molecule has 0 unspecified atom stereocenters. The summed E-state index contributed by atoms with van der Waals surface area (Å²) in [5.41, 5.74) is 2.32. The molecule has 1 rings (SSSR count). The molecule has 0 aliphatic heterocycles. The van der Waals surface area contributed by atoms with E-state index in [-0.39, 0.29) is 0 Å². The van der Waals surface area contributed by atoms with Gasteiger partial charge in [-0.2, -0.15) is 0 Å². The maximum absolute atomic E-state index is 9.62. The average Bonchev–Trinajstić information content (AvgIpc) is 2.16. The van der Waals surface area contributed by atoms with Crippen LogP contribution >= 0.6 is 0 Å². The molecule has 78 valence electrons. The topological polar surface area (TPSA) is 32.3 Å². The number of aromatic hydroxyl groups is 1. The second-order valence-electron chi connectivity index (χ2n) is 3.90. The van der Waals surface area contributed by atoms with Crippen LogP contribution in [0.5, 0.6) is 5.75 Å². The van der Waals surface area contributed by atoms with Gasteiger partial charge in [0.2, 0.25) is 0 Å². The van der Waals surface area contributed by atoms with Crippen LogP contribution in [0.2, 0.25) is 0 Å². The first kappa shape index (κ1) is 11.1. The summed E-state index contributed by atoms with van der Waals surface area (Å²) in [4.78, 5) is 0. The Kier molecular flexibility index (Phi) is 3.96. The van der Waals surface area contributed by atoms with Crippen molar-refractivity contribution in [3.05, 3.63) is 29.3 Å². The van der Waals surface area contributed by atoms with Gasteiger partial charge in [-0.1, -0.05) is 26.0 Å². The molecule has 0 spiro atoms. The van der Waals surface area contributed by atoms with Crippen molar-refractivity contribution in [2.75, 3.05) is 13.6 Å². The van der Waals surface area contributed by atoms with E-state index in [4.69, 9.17) is 0 Å². The Balaban J connectivity index is 2.85. The van der Waals surface area contributed by atoms with E-state index in [0.29, 0.717) is 11.7 Å². The maximum Gasteiger partial charge on any atom is 0.118 e. The van der Waals surface area contributed by atoms with E-state index < -0.39 is 0 Å². The lowest BCUT2D eigenvalue weighted by Crippen LogP contribution is -2.10. The van der Waals surface area contributed by atoms with Gasteiger partial charge in [0.25, 0.3) is 0 Å². The molecular weight excluding hydrogens is 174 g/mol. The Labute approximate surface area is 86.0 Å². The predicted octanol–water partition coefficient (Wildman–Crippen LogP) is 2.28. The van der Waals surface area contributed by atoms with Gasteiger partial charge in [-0.3, -0.25) is 0 Å². The normalized spacial score (nSPS) is 10.9. The minimum absolute atomic E-state index is 0.407. The van der Waals surface area contributed by atoms with Gasteiger partial charge < -0.3 is 10.4 Å². The molecule has 0 aromatic heterocycles. The third-order valence-electron chi connectivity index (χ3n) is 2.41. The number of phenolic OH excluding ortho intramolecular Hbond substituents is 1. The second kappa shape index (κ2) is 5.01. The summed E-state index contributed by atoms with van der Waals surface area (Å²) in [6.07, 6.45) is 0.878. The molecule has 14 heavy (non-hydrogen) atoms. The molecule has 0 fully saturated rings. The number of hydrogen-bond acceptors (Lipinski definition) is 2. The van der Waals surface area contributed by atoms with Crippen LogP contribution in [0.3, 0.4) is 0 Å². The van der Waals surface area contributed by atoms with Gasteiger partial charge >= 0.3 is 0 Å². The minimum Gasteiger partial charge on any atom is -0.508 e. The standard InChI is InChI=1S/C12H19NO/c1-9(2)10-4-5-12(14)11(8-10)6-7-13-3/h4-5,8-9,13-14H,6-7H2,1-3H3. The monoisotopic (exact) mass is 193 g/mol. The van der Waals surface area contributed by atoms with E-state index in [1.807, 2.05) is 13.1 Å². The Hall–Kier alpha value is -1.02. The molecule has 2 heteroatoms. The van der Waals surface area contributed by atoms with Crippen LogP contribution in [0.1, 0.15) is 30.9 Å². The smallest absolute Gasteiger partial charge is 0.118 e. The molecule has 0 amide bonds. The highest BCUT2D eigenvalue weighted by molar-refractivity contribution is 5.37. The number of likely N-dealkylation sites (N-methyl/N-ethyl adjacent to an activating group) is 1.